The average Bonchev–Trinajstić information content (AvgIpc) is 3.45. The van der Waals surface area contributed by atoms with E-state index in [2.05, 4.69) is 4.72 Å². The molecule has 2 heterocycles. The summed E-state index contributed by atoms with van der Waals surface area (Å²) in [5.41, 5.74) is 1.13. The quantitative estimate of drug-likeness (QED) is 0.288. The van der Waals surface area contributed by atoms with Crippen LogP contribution in [-0.4, -0.2) is 92.3 Å². The summed E-state index contributed by atoms with van der Waals surface area (Å²) in [5.74, 6) is -1.96. The minimum atomic E-state index is -3.48. The lowest BCUT2D eigenvalue weighted by Gasteiger charge is -2.29. The molecule has 0 aromatic heterocycles. The topological polar surface area (TPSA) is 155 Å². The first kappa shape index (κ1) is 29.1. The highest BCUT2D eigenvalue weighted by Crippen LogP contribution is 2.44. The first-order valence-electron chi connectivity index (χ1n) is 12.5. The number of aliphatic hydroxyl groups is 1. The fourth-order valence-corrected chi connectivity index (χ4v) is 5.43. The number of rotatable bonds is 14. The van der Waals surface area contributed by atoms with Crippen LogP contribution in [0.25, 0.3) is 0 Å². The van der Waals surface area contributed by atoms with Gasteiger partial charge in [0.15, 0.2) is 11.5 Å². The number of hydrogen-bond acceptors (Lipinski definition) is 9. The van der Waals surface area contributed by atoms with Crippen molar-refractivity contribution in [3.63, 3.8) is 0 Å². The van der Waals surface area contributed by atoms with Crippen molar-refractivity contribution in [1.82, 2.24) is 14.7 Å². The van der Waals surface area contributed by atoms with Crippen LogP contribution in [0.3, 0.4) is 0 Å². The minimum absolute atomic E-state index is 0.00421. The molecule has 0 unspecified atom stereocenters. The molecule has 3 atom stereocenters. The van der Waals surface area contributed by atoms with Gasteiger partial charge in [-0.15, -0.1) is 0 Å². The number of aliphatic carboxylic acids is 1. The van der Waals surface area contributed by atoms with Crippen LogP contribution in [0.1, 0.15) is 50.2 Å². The maximum atomic E-state index is 13.2. The average molecular weight is 544 g/mol. The van der Waals surface area contributed by atoms with Gasteiger partial charge in [-0.25, -0.2) is 18.2 Å². The Labute approximate surface area is 217 Å². The third kappa shape index (κ3) is 7.32. The first-order valence-corrected chi connectivity index (χ1v) is 14.4. The van der Waals surface area contributed by atoms with E-state index in [4.69, 9.17) is 14.3 Å². The standard InChI is InChI=1S/C24H37N3O9S/c1-4-8-27(36-9-5-2)21(29)13-26-12-18(16-10-17(14-28)23-20(11-16)34-15-35-23)22(24(30)31)19(26)6-7-25-37(3,32)33/h10-11,18-19,22,25,28H,4-9,12-15H2,1-3H3,(H,30,31)/t18-,19+,22-/m1/s1. The largest absolute Gasteiger partial charge is 0.481 e. The number of carbonyl (C=O) groups is 2. The van der Waals surface area contributed by atoms with Gasteiger partial charge in [-0.1, -0.05) is 13.8 Å². The zero-order valence-corrected chi connectivity index (χ0v) is 22.3. The van der Waals surface area contributed by atoms with Gasteiger partial charge in [0.1, 0.15) is 0 Å². The van der Waals surface area contributed by atoms with E-state index in [-0.39, 0.29) is 45.4 Å². The Balaban J connectivity index is 1.92. The molecule has 1 aromatic carbocycles. The van der Waals surface area contributed by atoms with E-state index in [9.17, 15) is 28.2 Å². The van der Waals surface area contributed by atoms with Gasteiger partial charge in [0, 0.05) is 37.2 Å². The second kappa shape index (κ2) is 12.9. The molecule has 1 amide bonds. The second-order valence-corrected chi connectivity index (χ2v) is 11.2. The summed E-state index contributed by atoms with van der Waals surface area (Å²) in [6.45, 7) is 4.54. The molecule has 1 saturated heterocycles. The maximum absolute atomic E-state index is 13.2. The Bertz CT molecular complexity index is 1070. The predicted octanol–water partition coefficient (Wildman–Crippen LogP) is 0.896. The van der Waals surface area contributed by atoms with Crippen LogP contribution in [0.15, 0.2) is 12.1 Å². The molecule has 37 heavy (non-hydrogen) atoms. The molecular formula is C24H37N3O9S. The number of ether oxygens (including phenoxy) is 2. The van der Waals surface area contributed by atoms with E-state index < -0.39 is 33.9 Å². The van der Waals surface area contributed by atoms with Crippen LogP contribution in [0.4, 0.5) is 0 Å². The van der Waals surface area contributed by atoms with Crippen LogP contribution < -0.4 is 14.2 Å². The van der Waals surface area contributed by atoms with Crippen LogP contribution in [0, 0.1) is 5.92 Å². The molecule has 0 aliphatic carbocycles. The van der Waals surface area contributed by atoms with E-state index in [1.54, 1.807) is 17.0 Å². The monoisotopic (exact) mass is 543 g/mol. The lowest BCUT2D eigenvalue weighted by atomic mass is 9.83. The highest BCUT2D eigenvalue weighted by atomic mass is 32.2. The molecule has 208 valence electrons. The number of carboxylic acids is 1. The Morgan fingerprint density at radius 3 is 2.62 bits per heavy atom. The first-order chi connectivity index (χ1) is 17.6. The SMILES string of the molecule is CCCON(CCC)C(=O)CN1C[C@H](c2cc(CO)c3c(c2)OCO3)[C@@H](C(=O)O)[C@@H]1CCNS(C)(=O)=O. The molecule has 2 aliphatic rings. The summed E-state index contributed by atoms with van der Waals surface area (Å²) >= 11 is 0. The van der Waals surface area contributed by atoms with Crippen molar-refractivity contribution < 1.29 is 42.5 Å². The number of nitrogens with one attached hydrogen (secondary N) is 1. The molecule has 1 aromatic rings. The normalized spacial score (nSPS) is 21.4. The molecule has 3 rings (SSSR count). The van der Waals surface area contributed by atoms with Gasteiger partial charge in [-0.2, -0.15) is 0 Å². The number of benzene rings is 1. The molecule has 0 spiro atoms. The van der Waals surface area contributed by atoms with Gasteiger partial charge in [0.05, 0.1) is 31.9 Å². The Kier molecular flexibility index (Phi) is 10.1. The van der Waals surface area contributed by atoms with E-state index >= 15 is 0 Å². The second-order valence-electron chi connectivity index (χ2n) is 9.32. The van der Waals surface area contributed by atoms with Crippen molar-refractivity contribution >= 4 is 21.9 Å². The number of fused-ring (bicyclic) bond motifs is 1. The number of carbonyl (C=O) groups excluding carboxylic acids is 1. The predicted molar refractivity (Wildman–Crippen MR) is 133 cm³/mol. The highest BCUT2D eigenvalue weighted by Gasteiger charge is 2.47. The molecule has 2 aliphatic heterocycles. The zero-order valence-electron chi connectivity index (χ0n) is 21.5. The zero-order chi connectivity index (χ0) is 27.2. The third-order valence-corrected chi connectivity index (χ3v) is 7.23. The minimum Gasteiger partial charge on any atom is -0.481 e. The van der Waals surface area contributed by atoms with Crippen LogP contribution in [-0.2, 0) is 31.1 Å². The third-order valence-electron chi connectivity index (χ3n) is 6.50. The van der Waals surface area contributed by atoms with Crippen LogP contribution in [0.2, 0.25) is 0 Å². The Hall–Kier alpha value is -2.45. The summed E-state index contributed by atoms with van der Waals surface area (Å²) in [4.78, 5) is 33.2. The summed E-state index contributed by atoms with van der Waals surface area (Å²) in [6, 6.07) is 2.80. The van der Waals surface area contributed by atoms with E-state index in [1.807, 2.05) is 13.8 Å². The molecule has 12 nitrogen and oxygen atoms in total. The van der Waals surface area contributed by atoms with Crippen LogP contribution >= 0.6 is 0 Å². The number of likely N-dealkylation sites (tertiary alicyclic amines) is 1. The van der Waals surface area contributed by atoms with Crippen molar-refractivity contribution in [2.24, 2.45) is 5.92 Å². The van der Waals surface area contributed by atoms with Gasteiger partial charge in [0.2, 0.25) is 16.8 Å². The van der Waals surface area contributed by atoms with Gasteiger partial charge in [-0.3, -0.25) is 19.3 Å². The number of aliphatic hydroxyl groups excluding tert-OH is 1. The number of sulfonamides is 1. The number of nitrogens with zero attached hydrogens (tertiary/aromatic N) is 2. The number of carboxylic acid groups (broad SMARTS) is 1. The van der Waals surface area contributed by atoms with Crippen LogP contribution in [0.5, 0.6) is 11.5 Å². The summed E-state index contributed by atoms with van der Waals surface area (Å²) in [5, 5.41) is 21.4. The summed E-state index contributed by atoms with van der Waals surface area (Å²) in [7, 11) is -3.48. The molecule has 0 bridgehead atoms. The Morgan fingerprint density at radius 2 is 2.00 bits per heavy atom. The van der Waals surface area contributed by atoms with Crippen molar-refractivity contribution in [2.45, 2.75) is 51.7 Å². The van der Waals surface area contributed by atoms with Crippen molar-refractivity contribution in [2.75, 3.05) is 45.8 Å². The van der Waals surface area contributed by atoms with Crippen molar-refractivity contribution in [3.8, 4) is 11.5 Å². The summed E-state index contributed by atoms with van der Waals surface area (Å²) < 4.78 is 36.6. The van der Waals surface area contributed by atoms with E-state index in [1.165, 1.54) is 5.06 Å². The number of hydroxylamine groups is 2. The molecule has 0 saturated carbocycles. The lowest BCUT2D eigenvalue weighted by molar-refractivity contribution is -0.188. The molecular weight excluding hydrogens is 506 g/mol. The number of amides is 1. The van der Waals surface area contributed by atoms with Gasteiger partial charge in [0.25, 0.3) is 5.91 Å². The molecule has 0 radical (unpaired) electrons. The summed E-state index contributed by atoms with van der Waals surface area (Å²) in [6.07, 6.45) is 2.65. The highest BCUT2D eigenvalue weighted by molar-refractivity contribution is 7.88. The van der Waals surface area contributed by atoms with E-state index in [0.29, 0.717) is 42.2 Å². The smallest absolute Gasteiger partial charge is 0.308 e. The van der Waals surface area contributed by atoms with Gasteiger partial charge < -0.3 is 19.7 Å². The maximum Gasteiger partial charge on any atom is 0.308 e. The fraction of sp³-hybridized carbons (Fsp3) is 0.667. The molecule has 3 N–H and O–H groups in total. The van der Waals surface area contributed by atoms with Gasteiger partial charge >= 0.3 is 5.97 Å². The van der Waals surface area contributed by atoms with Crippen molar-refractivity contribution in [1.29, 1.82) is 0 Å². The number of hydrogen-bond donors (Lipinski definition) is 3. The Morgan fingerprint density at radius 1 is 1.24 bits per heavy atom. The lowest BCUT2D eigenvalue weighted by Crippen LogP contribution is -2.45. The fourth-order valence-electron chi connectivity index (χ4n) is 4.94. The van der Waals surface area contributed by atoms with E-state index in [0.717, 1.165) is 12.7 Å². The van der Waals surface area contributed by atoms with Crippen molar-refractivity contribution in [3.05, 3.63) is 23.3 Å². The molecule has 1 fully saturated rings. The molecule has 13 heteroatoms. The van der Waals surface area contributed by atoms with Gasteiger partial charge in [-0.05, 0) is 37.0 Å².